The maximum absolute atomic E-state index is 10.9. The summed E-state index contributed by atoms with van der Waals surface area (Å²) in [5, 5.41) is 13.3. The summed E-state index contributed by atoms with van der Waals surface area (Å²) in [6, 6.07) is 7.25. The van der Waals surface area contributed by atoms with Crippen LogP contribution in [-0.2, 0) is 0 Å². The average molecular weight is 269 g/mol. The van der Waals surface area contributed by atoms with Gasteiger partial charge in [-0.05, 0) is 24.3 Å². The van der Waals surface area contributed by atoms with E-state index < -0.39 is 5.97 Å². The molecule has 0 bridgehead atoms. The van der Waals surface area contributed by atoms with Crippen LogP contribution in [0.15, 0.2) is 42.9 Å². The van der Waals surface area contributed by atoms with Gasteiger partial charge in [0.05, 0.1) is 18.1 Å². The van der Waals surface area contributed by atoms with Crippen molar-refractivity contribution in [1.82, 2.24) is 19.6 Å². The predicted octanol–water partition coefficient (Wildman–Crippen LogP) is 1.59. The largest absolute Gasteiger partial charge is 0.476 e. The van der Waals surface area contributed by atoms with Crippen molar-refractivity contribution < 1.29 is 9.90 Å². The third kappa shape index (κ3) is 2.05. The average Bonchev–Trinajstić information content (AvgIpc) is 2.90. The first kappa shape index (κ1) is 12.1. The van der Waals surface area contributed by atoms with Crippen molar-refractivity contribution in [1.29, 1.82) is 0 Å². The van der Waals surface area contributed by atoms with E-state index in [9.17, 15) is 4.79 Å². The normalized spacial score (nSPS) is 10.7. The molecule has 0 spiro atoms. The summed E-state index contributed by atoms with van der Waals surface area (Å²) in [7, 11) is 1.86. The maximum atomic E-state index is 10.9. The Labute approximate surface area is 114 Å². The lowest BCUT2D eigenvalue weighted by molar-refractivity contribution is 0.0691. The van der Waals surface area contributed by atoms with Crippen molar-refractivity contribution in [3.8, 4) is 0 Å². The number of anilines is 2. The molecule has 0 unspecified atom stereocenters. The van der Waals surface area contributed by atoms with Crippen LogP contribution in [0.5, 0.6) is 0 Å². The molecule has 0 aliphatic heterocycles. The number of carboxylic acid groups (broad SMARTS) is 1. The maximum Gasteiger partial charge on any atom is 0.356 e. The number of pyridine rings is 1. The molecule has 0 aliphatic rings. The highest BCUT2D eigenvalue weighted by Crippen LogP contribution is 2.20. The Hall–Kier alpha value is -2.96. The number of aromatic carboxylic acids is 1. The Morgan fingerprint density at radius 3 is 2.90 bits per heavy atom. The number of aromatic nitrogens is 4. The molecule has 3 aromatic rings. The highest BCUT2D eigenvalue weighted by Gasteiger charge is 2.11. The number of imidazole rings is 1. The molecule has 0 aliphatic carbocycles. The van der Waals surface area contributed by atoms with Crippen molar-refractivity contribution in [3.63, 3.8) is 0 Å². The molecule has 0 fully saturated rings. The summed E-state index contributed by atoms with van der Waals surface area (Å²) in [5.74, 6) is -0.405. The number of carboxylic acids is 1. The van der Waals surface area contributed by atoms with Gasteiger partial charge in [-0.25, -0.2) is 14.3 Å². The van der Waals surface area contributed by atoms with Crippen LogP contribution in [0.1, 0.15) is 10.5 Å². The molecular formula is C13H11N5O2. The molecule has 7 heteroatoms. The van der Waals surface area contributed by atoms with Crippen LogP contribution in [0.25, 0.3) is 5.65 Å². The van der Waals surface area contributed by atoms with Gasteiger partial charge in [0, 0.05) is 13.2 Å². The van der Waals surface area contributed by atoms with Gasteiger partial charge in [0.2, 0.25) is 0 Å². The second-order valence-electron chi connectivity index (χ2n) is 4.20. The van der Waals surface area contributed by atoms with Gasteiger partial charge in [-0.3, -0.25) is 4.98 Å². The molecule has 100 valence electrons. The van der Waals surface area contributed by atoms with E-state index in [-0.39, 0.29) is 5.69 Å². The Kier molecular flexibility index (Phi) is 2.79. The van der Waals surface area contributed by atoms with Crippen LogP contribution in [-0.4, -0.2) is 37.7 Å². The van der Waals surface area contributed by atoms with E-state index in [2.05, 4.69) is 15.1 Å². The van der Waals surface area contributed by atoms with Crippen LogP contribution < -0.4 is 4.90 Å². The van der Waals surface area contributed by atoms with Gasteiger partial charge in [-0.2, -0.15) is 0 Å². The molecule has 3 aromatic heterocycles. The van der Waals surface area contributed by atoms with Gasteiger partial charge >= 0.3 is 5.97 Å². The molecule has 0 aromatic carbocycles. The number of hydrogen-bond acceptors (Lipinski definition) is 5. The topological polar surface area (TPSA) is 83.6 Å². The molecule has 0 saturated carbocycles. The van der Waals surface area contributed by atoms with Gasteiger partial charge in [0.1, 0.15) is 0 Å². The SMILES string of the molecule is CN(c1cccnc1)c1ccc2nc(C(=O)O)cn2n1. The van der Waals surface area contributed by atoms with Crippen molar-refractivity contribution in [3.05, 3.63) is 48.5 Å². The number of carbonyl (C=O) groups is 1. The third-order valence-corrected chi connectivity index (χ3v) is 2.90. The number of rotatable bonds is 3. The first-order valence-corrected chi connectivity index (χ1v) is 5.88. The van der Waals surface area contributed by atoms with Crippen molar-refractivity contribution >= 4 is 23.1 Å². The fourth-order valence-electron chi connectivity index (χ4n) is 1.84. The lowest BCUT2D eigenvalue weighted by Crippen LogP contribution is -2.12. The van der Waals surface area contributed by atoms with Gasteiger partial charge < -0.3 is 10.0 Å². The van der Waals surface area contributed by atoms with Crippen molar-refractivity contribution in [2.45, 2.75) is 0 Å². The molecule has 3 heterocycles. The first-order valence-electron chi connectivity index (χ1n) is 5.88. The third-order valence-electron chi connectivity index (χ3n) is 2.90. The highest BCUT2D eigenvalue weighted by molar-refractivity contribution is 5.86. The zero-order chi connectivity index (χ0) is 14.1. The van der Waals surface area contributed by atoms with Crippen LogP contribution in [0.3, 0.4) is 0 Å². The zero-order valence-corrected chi connectivity index (χ0v) is 10.6. The second kappa shape index (κ2) is 4.61. The van der Waals surface area contributed by atoms with E-state index in [1.54, 1.807) is 24.5 Å². The van der Waals surface area contributed by atoms with E-state index >= 15 is 0 Å². The minimum absolute atomic E-state index is 0.0290. The highest BCUT2D eigenvalue weighted by atomic mass is 16.4. The Morgan fingerprint density at radius 1 is 1.35 bits per heavy atom. The monoisotopic (exact) mass is 269 g/mol. The smallest absolute Gasteiger partial charge is 0.356 e. The molecule has 1 N–H and O–H groups in total. The quantitative estimate of drug-likeness (QED) is 0.777. The summed E-state index contributed by atoms with van der Waals surface area (Å²) in [5.41, 5.74) is 1.35. The number of fused-ring (bicyclic) bond motifs is 1. The van der Waals surface area contributed by atoms with Crippen molar-refractivity contribution in [2.75, 3.05) is 11.9 Å². The fraction of sp³-hybridized carbons (Fsp3) is 0.0769. The summed E-state index contributed by atoms with van der Waals surface area (Å²) < 4.78 is 1.45. The first-order chi connectivity index (χ1) is 9.65. The molecule has 7 nitrogen and oxygen atoms in total. The molecule has 0 amide bonds. The molecule has 0 saturated heterocycles. The fourth-order valence-corrected chi connectivity index (χ4v) is 1.84. The standard InChI is InChI=1S/C13H11N5O2/c1-17(9-3-2-6-14-7-9)12-5-4-11-15-10(13(19)20)8-18(11)16-12/h2-8H,1H3,(H,19,20). The Balaban J connectivity index is 2.02. The summed E-state index contributed by atoms with van der Waals surface area (Å²) in [6.07, 6.45) is 4.81. The van der Waals surface area contributed by atoms with E-state index in [1.165, 1.54) is 10.7 Å². The molecule has 0 radical (unpaired) electrons. The van der Waals surface area contributed by atoms with Gasteiger partial charge in [-0.1, -0.05) is 0 Å². The van der Waals surface area contributed by atoms with Crippen molar-refractivity contribution in [2.24, 2.45) is 0 Å². The minimum Gasteiger partial charge on any atom is -0.476 e. The van der Waals surface area contributed by atoms with Crippen LogP contribution in [0.4, 0.5) is 11.5 Å². The molecular weight excluding hydrogens is 258 g/mol. The number of hydrogen-bond donors (Lipinski definition) is 1. The Bertz CT molecular complexity index is 769. The lowest BCUT2D eigenvalue weighted by atomic mass is 10.3. The van der Waals surface area contributed by atoms with Crippen LogP contribution in [0.2, 0.25) is 0 Å². The van der Waals surface area contributed by atoms with Gasteiger partial charge in [-0.15, -0.1) is 5.10 Å². The van der Waals surface area contributed by atoms with Gasteiger partial charge in [0.25, 0.3) is 0 Å². The molecule has 0 atom stereocenters. The van der Waals surface area contributed by atoms with Crippen LogP contribution >= 0.6 is 0 Å². The lowest BCUT2D eigenvalue weighted by Gasteiger charge is -2.17. The minimum atomic E-state index is -1.07. The van der Waals surface area contributed by atoms with E-state index in [0.29, 0.717) is 11.5 Å². The zero-order valence-electron chi connectivity index (χ0n) is 10.6. The summed E-state index contributed by atoms with van der Waals surface area (Å²) >= 11 is 0. The molecule has 3 rings (SSSR count). The Morgan fingerprint density at radius 2 is 2.20 bits per heavy atom. The molecule has 20 heavy (non-hydrogen) atoms. The number of nitrogens with zero attached hydrogens (tertiary/aromatic N) is 5. The summed E-state index contributed by atoms with van der Waals surface area (Å²) in [4.78, 5) is 20.8. The van der Waals surface area contributed by atoms with E-state index in [4.69, 9.17) is 5.11 Å². The predicted molar refractivity (Wildman–Crippen MR) is 72.2 cm³/mol. The van der Waals surface area contributed by atoms with Crippen LogP contribution in [0, 0.1) is 0 Å². The second-order valence-corrected chi connectivity index (χ2v) is 4.20. The van der Waals surface area contributed by atoms with E-state index in [0.717, 1.165) is 5.69 Å². The van der Waals surface area contributed by atoms with E-state index in [1.807, 2.05) is 24.1 Å². The van der Waals surface area contributed by atoms with Gasteiger partial charge in [0.15, 0.2) is 17.2 Å². The summed E-state index contributed by atoms with van der Waals surface area (Å²) in [6.45, 7) is 0.